The second-order valence-corrected chi connectivity index (χ2v) is 8.65. The predicted octanol–water partition coefficient (Wildman–Crippen LogP) is 2.18. The summed E-state index contributed by atoms with van der Waals surface area (Å²) in [5.74, 6) is 0.871. The summed E-state index contributed by atoms with van der Waals surface area (Å²) >= 11 is 0. The van der Waals surface area contributed by atoms with Crippen molar-refractivity contribution in [2.24, 2.45) is 0 Å². The third-order valence-corrected chi connectivity index (χ3v) is 5.36. The highest BCUT2D eigenvalue weighted by atomic mass is 32.2. The van der Waals surface area contributed by atoms with E-state index < -0.39 is 10.0 Å². The normalized spacial score (nSPS) is 15.1. The highest BCUT2D eigenvalue weighted by molar-refractivity contribution is 7.88. The Labute approximate surface area is 164 Å². The van der Waals surface area contributed by atoms with Crippen LogP contribution in [0, 0.1) is 0 Å². The molecule has 7 nitrogen and oxygen atoms in total. The molecule has 0 radical (unpaired) electrons. The Hall–Kier alpha value is -2.55. The zero-order valence-electron chi connectivity index (χ0n) is 15.6. The number of hydrogen-bond donors (Lipinski definition) is 1. The Balaban J connectivity index is 1.58. The number of aromatic nitrogens is 2. The van der Waals surface area contributed by atoms with E-state index in [1.54, 1.807) is 0 Å². The molecule has 0 unspecified atom stereocenters. The van der Waals surface area contributed by atoms with Crippen molar-refractivity contribution in [1.29, 1.82) is 0 Å². The van der Waals surface area contributed by atoms with E-state index in [1.807, 2.05) is 48.7 Å². The van der Waals surface area contributed by atoms with Gasteiger partial charge in [0.25, 0.3) is 0 Å². The van der Waals surface area contributed by atoms with Gasteiger partial charge in [0.1, 0.15) is 5.82 Å². The Kier molecular flexibility index (Phi) is 5.25. The maximum Gasteiger partial charge on any atom is 0.209 e. The van der Waals surface area contributed by atoms with E-state index in [9.17, 15) is 8.42 Å². The fraction of sp³-hybridized carbons (Fsp3) is 0.300. The molecule has 1 aliphatic rings. The molecule has 146 valence electrons. The van der Waals surface area contributed by atoms with Gasteiger partial charge < -0.3 is 9.64 Å². The van der Waals surface area contributed by atoms with Crippen molar-refractivity contribution >= 4 is 26.9 Å². The quantitative estimate of drug-likeness (QED) is 0.709. The van der Waals surface area contributed by atoms with Gasteiger partial charge >= 0.3 is 0 Å². The van der Waals surface area contributed by atoms with Crippen LogP contribution in [-0.4, -0.2) is 50.9 Å². The van der Waals surface area contributed by atoms with Crippen LogP contribution in [0.25, 0.3) is 22.2 Å². The van der Waals surface area contributed by atoms with Crippen molar-refractivity contribution in [2.45, 2.75) is 6.54 Å². The molecule has 0 saturated carbocycles. The van der Waals surface area contributed by atoms with Gasteiger partial charge in [-0.05, 0) is 28.8 Å². The van der Waals surface area contributed by atoms with Gasteiger partial charge in [-0.1, -0.05) is 30.3 Å². The van der Waals surface area contributed by atoms with Crippen LogP contribution in [0.15, 0.2) is 48.7 Å². The minimum atomic E-state index is -3.20. The standard InChI is InChI=1S/C20H22N4O3S/c1-28(25,26)22-13-15-2-4-16(5-3-15)17-6-7-18-19(12-17)23-20(14-21-18)24-8-10-27-11-9-24/h2-7,12,14,22H,8-11,13H2,1H3. The number of fused-ring (bicyclic) bond motifs is 1. The van der Waals surface area contributed by atoms with Crippen molar-refractivity contribution in [1.82, 2.24) is 14.7 Å². The number of sulfonamides is 1. The van der Waals surface area contributed by atoms with Gasteiger partial charge in [-0.2, -0.15) is 0 Å². The van der Waals surface area contributed by atoms with Crippen LogP contribution >= 0.6 is 0 Å². The van der Waals surface area contributed by atoms with Gasteiger partial charge in [-0.15, -0.1) is 0 Å². The van der Waals surface area contributed by atoms with Gasteiger partial charge in [0.05, 0.1) is 36.7 Å². The molecule has 1 fully saturated rings. The summed E-state index contributed by atoms with van der Waals surface area (Å²) in [4.78, 5) is 11.5. The van der Waals surface area contributed by atoms with E-state index in [1.165, 1.54) is 0 Å². The van der Waals surface area contributed by atoms with Crippen LogP contribution in [0.3, 0.4) is 0 Å². The van der Waals surface area contributed by atoms with Crippen LogP contribution in [-0.2, 0) is 21.3 Å². The summed E-state index contributed by atoms with van der Waals surface area (Å²) in [5.41, 5.74) is 4.70. The highest BCUT2D eigenvalue weighted by Crippen LogP contribution is 2.25. The zero-order chi connectivity index (χ0) is 19.6. The van der Waals surface area contributed by atoms with Crippen molar-refractivity contribution in [2.75, 3.05) is 37.5 Å². The number of benzene rings is 2. The zero-order valence-corrected chi connectivity index (χ0v) is 16.4. The maximum atomic E-state index is 11.2. The molecule has 1 aliphatic heterocycles. The summed E-state index contributed by atoms with van der Waals surface area (Å²) in [6.07, 6.45) is 2.97. The first-order chi connectivity index (χ1) is 13.5. The summed E-state index contributed by atoms with van der Waals surface area (Å²) in [6.45, 7) is 3.34. The second kappa shape index (κ2) is 7.83. The number of hydrogen-bond acceptors (Lipinski definition) is 6. The fourth-order valence-electron chi connectivity index (χ4n) is 3.16. The molecular weight excluding hydrogens is 376 g/mol. The molecular formula is C20H22N4O3S. The average Bonchev–Trinajstić information content (AvgIpc) is 2.72. The molecule has 3 aromatic rings. The predicted molar refractivity (Wildman–Crippen MR) is 110 cm³/mol. The third-order valence-electron chi connectivity index (χ3n) is 4.69. The van der Waals surface area contributed by atoms with E-state index in [0.717, 1.165) is 52.9 Å². The van der Waals surface area contributed by atoms with Crippen LogP contribution in [0.2, 0.25) is 0 Å². The average molecular weight is 398 g/mol. The van der Waals surface area contributed by atoms with Gasteiger partial charge in [0.15, 0.2) is 0 Å². The summed E-state index contributed by atoms with van der Waals surface area (Å²) in [5, 5.41) is 0. The Morgan fingerprint density at radius 2 is 1.75 bits per heavy atom. The lowest BCUT2D eigenvalue weighted by molar-refractivity contribution is 0.122. The van der Waals surface area contributed by atoms with Gasteiger partial charge in [-0.25, -0.2) is 18.1 Å². The number of morpholine rings is 1. The van der Waals surface area contributed by atoms with E-state index in [2.05, 4.69) is 14.6 Å². The van der Waals surface area contributed by atoms with E-state index in [0.29, 0.717) is 13.2 Å². The Morgan fingerprint density at radius 3 is 2.46 bits per heavy atom. The molecule has 0 amide bonds. The topological polar surface area (TPSA) is 84.4 Å². The van der Waals surface area contributed by atoms with Crippen molar-refractivity contribution in [3.05, 3.63) is 54.2 Å². The maximum absolute atomic E-state index is 11.2. The number of nitrogens with zero attached hydrogens (tertiary/aromatic N) is 3. The Bertz CT molecular complexity index is 1080. The highest BCUT2D eigenvalue weighted by Gasteiger charge is 2.13. The monoisotopic (exact) mass is 398 g/mol. The fourth-order valence-corrected chi connectivity index (χ4v) is 3.58. The first kappa shape index (κ1) is 18.8. The lowest BCUT2D eigenvalue weighted by Gasteiger charge is -2.27. The lowest BCUT2D eigenvalue weighted by Crippen LogP contribution is -2.36. The molecule has 1 aromatic heterocycles. The smallest absolute Gasteiger partial charge is 0.209 e. The van der Waals surface area contributed by atoms with Crippen LogP contribution in [0.1, 0.15) is 5.56 Å². The molecule has 0 spiro atoms. The molecule has 1 N–H and O–H groups in total. The van der Waals surface area contributed by atoms with Gasteiger partial charge in [0, 0.05) is 19.6 Å². The summed E-state index contributed by atoms with van der Waals surface area (Å²) < 4.78 is 30.4. The SMILES string of the molecule is CS(=O)(=O)NCc1ccc(-c2ccc3ncc(N4CCOCC4)nc3c2)cc1. The minimum Gasteiger partial charge on any atom is -0.378 e. The lowest BCUT2D eigenvalue weighted by atomic mass is 10.0. The molecule has 0 atom stereocenters. The van der Waals surface area contributed by atoms with E-state index >= 15 is 0 Å². The first-order valence-corrected chi connectivity index (χ1v) is 11.0. The third kappa shape index (κ3) is 4.46. The molecule has 2 aromatic carbocycles. The number of nitrogens with one attached hydrogen (secondary N) is 1. The number of rotatable bonds is 5. The van der Waals surface area contributed by atoms with Crippen LogP contribution < -0.4 is 9.62 Å². The van der Waals surface area contributed by atoms with E-state index in [4.69, 9.17) is 9.72 Å². The van der Waals surface area contributed by atoms with Gasteiger partial charge in [0.2, 0.25) is 10.0 Å². The molecule has 4 rings (SSSR count). The molecule has 0 bridgehead atoms. The number of anilines is 1. The molecule has 8 heteroatoms. The Morgan fingerprint density at radius 1 is 1.04 bits per heavy atom. The molecule has 2 heterocycles. The van der Waals surface area contributed by atoms with Crippen molar-refractivity contribution < 1.29 is 13.2 Å². The van der Waals surface area contributed by atoms with Crippen molar-refractivity contribution in [3.8, 4) is 11.1 Å². The first-order valence-electron chi connectivity index (χ1n) is 9.11. The summed E-state index contributed by atoms with van der Waals surface area (Å²) in [6, 6.07) is 13.9. The molecule has 1 saturated heterocycles. The van der Waals surface area contributed by atoms with Crippen LogP contribution in [0.5, 0.6) is 0 Å². The van der Waals surface area contributed by atoms with Gasteiger partial charge in [-0.3, -0.25) is 4.98 Å². The molecule has 0 aliphatic carbocycles. The second-order valence-electron chi connectivity index (χ2n) is 6.82. The van der Waals surface area contributed by atoms with Crippen molar-refractivity contribution in [3.63, 3.8) is 0 Å². The number of ether oxygens (including phenoxy) is 1. The summed E-state index contributed by atoms with van der Waals surface area (Å²) in [7, 11) is -3.20. The van der Waals surface area contributed by atoms with Crippen LogP contribution in [0.4, 0.5) is 5.82 Å². The largest absolute Gasteiger partial charge is 0.378 e. The minimum absolute atomic E-state index is 0.283. The molecule has 28 heavy (non-hydrogen) atoms. The van der Waals surface area contributed by atoms with E-state index in [-0.39, 0.29) is 6.54 Å².